The minimum atomic E-state index is -0.354. The van der Waals surface area contributed by atoms with Crippen LogP contribution in [0.15, 0.2) is 24.3 Å². The molecular formula is C20H21ClN4O2. The minimum Gasteiger partial charge on any atom is -0.426 e. The second-order valence-corrected chi connectivity index (χ2v) is 7.01. The Kier molecular flexibility index (Phi) is 5.28. The Morgan fingerprint density at radius 1 is 1.07 bits per heavy atom. The zero-order valence-corrected chi connectivity index (χ0v) is 16.8. The molecule has 27 heavy (non-hydrogen) atoms. The number of hydrogen-bond acceptors (Lipinski definition) is 5. The molecule has 0 amide bonds. The Morgan fingerprint density at radius 2 is 1.74 bits per heavy atom. The van der Waals surface area contributed by atoms with Crippen molar-refractivity contribution in [1.82, 2.24) is 19.7 Å². The van der Waals surface area contributed by atoms with Gasteiger partial charge >= 0.3 is 5.97 Å². The topological polar surface area (TPSA) is 69.9 Å². The first-order chi connectivity index (χ1) is 12.7. The summed E-state index contributed by atoms with van der Waals surface area (Å²) in [5, 5.41) is 5.12. The molecule has 3 rings (SSSR count). The fourth-order valence-corrected chi connectivity index (χ4v) is 3.18. The number of aryl methyl sites for hydroxylation is 4. The largest absolute Gasteiger partial charge is 0.426 e. The van der Waals surface area contributed by atoms with Crippen LogP contribution in [-0.4, -0.2) is 25.7 Å². The number of rotatable bonds is 4. The molecule has 0 saturated carbocycles. The van der Waals surface area contributed by atoms with Gasteiger partial charge in [-0.05, 0) is 64.4 Å². The van der Waals surface area contributed by atoms with Crippen molar-refractivity contribution >= 4 is 17.6 Å². The third-order valence-electron chi connectivity index (χ3n) is 4.28. The maximum Gasteiger partial charge on any atom is 0.315 e. The number of esters is 1. The van der Waals surface area contributed by atoms with E-state index < -0.39 is 0 Å². The molecule has 3 aromatic rings. The van der Waals surface area contributed by atoms with Crippen LogP contribution >= 0.6 is 11.6 Å². The summed E-state index contributed by atoms with van der Waals surface area (Å²) in [4.78, 5) is 21.3. The number of hydrogen-bond donors (Lipinski definition) is 0. The highest BCUT2D eigenvalue weighted by molar-refractivity contribution is 6.30. The van der Waals surface area contributed by atoms with Crippen molar-refractivity contribution in [1.29, 1.82) is 0 Å². The monoisotopic (exact) mass is 384 g/mol. The normalized spacial score (nSPS) is 10.9. The Bertz CT molecular complexity index is 1010. The number of carbonyl (C=O) groups is 1. The highest BCUT2D eigenvalue weighted by atomic mass is 35.5. The smallest absolute Gasteiger partial charge is 0.315 e. The van der Waals surface area contributed by atoms with Gasteiger partial charge in [-0.15, -0.1) is 0 Å². The van der Waals surface area contributed by atoms with E-state index in [1.54, 1.807) is 22.9 Å². The zero-order valence-electron chi connectivity index (χ0n) is 16.0. The molecule has 2 aromatic heterocycles. The molecule has 0 spiro atoms. The van der Waals surface area contributed by atoms with E-state index in [0.29, 0.717) is 16.7 Å². The van der Waals surface area contributed by atoms with Gasteiger partial charge in [-0.1, -0.05) is 11.6 Å². The van der Waals surface area contributed by atoms with Crippen LogP contribution in [0.3, 0.4) is 0 Å². The van der Waals surface area contributed by atoms with Crippen LogP contribution in [0, 0.1) is 34.6 Å². The summed E-state index contributed by atoms with van der Waals surface area (Å²) in [6.45, 7) is 9.44. The second-order valence-electron chi connectivity index (χ2n) is 6.57. The fourth-order valence-electron chi connectivity index (χ4n) is 2.96. The van der Waals surface area contributed by atoms with Gasteiger partial charge in [0.2, 0.25) is 0 Å². The van der Waals surface area contributed by atoms with Gasteiger partial charge < -0.3 is 4.74 Å². The number of carbonyl (C=O) groups excluding carboxylic acids is 1. The maximum absolute atomic E-state index is 12.5. The summed E-state index contributed by atoms with van der Waals surface area (Å²) in [5.41, 5.74) is 4.92. The van der Waals surface area contributed by atoms with Crippen molar-refractivity contribution in [2.45, 2.75) is 41.0 Å². The van der Waals surface area contributed by atoms with E-state index in [4.69, 9.17) is 16.3 Å². The van der Waals surface area contributed by atoms with Gasteiger partial charge in [0.15, 0.2) is 0 Å². The highest BCUT2D eigenvalue weighted by Gasteiger charge is 2.19. The van der Waals surface area contributed by atoms with Gasteiger partial charge in [-0.25, -0.2) is 14.6 Å². The van der Waals surface area contributed by atoms with E-state index in [1.807, 2.05) is 40.7 Å². The van der Waals surface area contributed by atoms with Gasteiger partial charge in [-0.3, -0.25) is 4.79 Å². The standard InChI is InChI=1S/C20H21ClN4O2/c1-11-8-16(21)6-7-18(11)27-19(26)10-17-14(4)24-25(15(17)5)20-22-12(2)9-13(3)23-20/h6-9H,10H2,1-5H3. The molecule has 0 saturated heterocycles. The van der Waals surface area contributed by atoms with Gasteiger partial charge in [0, 0.05) is 27.7 Å². The van der Waals surface area contributed by atoms with Crippen molar-refractivity contribution < 1.29 is 9.53 Å². The molecule has 2 heterocycles. The molecule has 1 aromatic carbocycles. The van der Waals surface area contributed by atoms with E-state index in [-0.39, 0.29) is 12.4 Å². The van der Waals surface area contributed by atoms with E-state index in [0.717, 1.165) is 33.9 Å². The molecule has 0 aliphatic heterocycles. The Balaban J connectivity index is 1.85. The predicted molar refractivity (Wildman–Crippen MR) is 104 cm³/mol. The summed E-state index contributed by atoms with van der Waals surface area (Å²) in [5.74, 6) is 0.651. The lowest BCUT2D eigenvalue weighted by molar-refractivity contribution is -0.133. The van der Waals surface area contributed by atoms with Crippen LogP contribution in [0.5, 0.6) is 5.75 Å². The molecular weight excluding hydrogens is 364 g/mol. The SMILES string of the molecule is Cc1cc(C)nc(-n2nc(C)c(CC(=O)Oc3ccc(Cl)cc3C)c2C)n1. The molecule has 0 aliphatic carbocycles. The second kappa shape index (κ2) is 7.48. The zero-order chi connectivity index (χ0) is 19.7. The quantitative estimate of drug-likeness (QED) is 0.502. The number of aromatic nitrogens is 4. The van der Waals surface area contributed by atoms with Gasteiger partial charge in [0.05, 0.1) is 12.1 Å². The van der Waals surface area contributed by atoms with Crippen LogP contribution in [0.25, 0.3) is 5.95 Å². The molecule has 0 unspecified atom stereocenters. The molecule has 140 valence electrons. The molecule has 0 fully saturated rings. The third kappa shape index (κ3) is 4.17. The first-order valence-electron chi connectivity index (χ1n) is 8.59. The van der Waals surface area contributed by atoms with E-state index >= 15 is 0 Å². The van der Waals surface area contributed by atoms with Gasteiger partial charge in [0.1, 0.15) is 5.75 Å². The average molecular weight is 385 g/mol. The lowest BCUT2D eigenvalue weighted by Gasteiger charge is -2.08. The predicted octanol–water partition coefficient (Wildman–Crippen LogP) is 4.01. The Morgan fingerprint density at radius 3 is 2.37 bits per heavy atom. The lowest BCUT2D eigenvalue weighted by atomic mass is 10.1. The van der Waals surface area contributed by atoms with E-state index in [9.17, 15) is 4.79 Å². The van der Waals surface area contributed by atoms with Crippen molar-refractivity contribution in [3.8, 4) is 11.7 Å². The molecule has 0 N–H and O–H groups in total. The van der Waals surface area contributed by atoms with Crippen LogP contribution in [0.4, 0.5) is 0 Å². The van der Waals surface area contributed by atoms with Gasteiger partial charge in [0.25, 0.3) is 5.95 Å². The molecule has 0 atom stereocenters. The minimum absolute atomic E-state index is 0.116. The number of ether oxygens (including phenoxy) is 1. The third-order valence-corrected chi connectivity index (χ3v) is 4.52. The molecule has 6 nitrogen and oxygen atoms in total. The highest BCUT2D eigenvalue weighted by Crippen LogP contribution is 2.23. The molecule has 0 radical (unpaired) electrons. The summed E-state index contributed by atoms with van der Waals surface area (Å²) < 4.78 is 7.17. The molecule has 7 heteroatoms. The maximum atomic E-state index is 12.5. The van der Waals surface area contributed by atoms with Crippen molar-refractivity contribution in [2.75, 3.05) is 0 Å². The first-order valence-corrected chi connectivity index (χ1v) is 8.97. The van der Waals surface area contributed by atoms with Crippen LogP contribution in [-0.2, 0) is 11.2 Å². The molecule has 0 aliphatic rings. The lowest BCUT2D eigenvalue weighted by Crippen LogP contribution is -2.13. The van der Waals surface area contributed by atoms with Crippen molar-refractivity contribution in [3.05, 3.63) is 63.2 Å². The Hall–Kier alpha value is -2.73. The summed E-state index contributed by atoms with van der Waals surface area (Å²) in [6.07, 6.45) is 0.116. The van der Waals surface area contributed by atoms with Crippen molar-refractivity contribution in [2.24, 2.45) is 0 Å². The van der Waals surface area contributed by atoms with Crippen LogP contribution in [0.2, 0.25) is 5.02 Å². The first kappa shape index (κ1) is 19.0. The molecule has 0 bridgehead atoms. The van der Waals surface area contributed by atoms with Crippen molar-refractivity contribution in [3.63, 3.8) is 0 Å². The van der Waals surface area contributed by atoms with Crippen LogP contribution in [0.1, 0.15) is 33.9 Å². The van der Waals surface area contributed by atoms with Gasteiger partial charge in [-0.2, -0.15) is 5.10 Å². The fraction of sp³-hybridized carbons (Fsp3) is 0.300. The summed E-state index contributed by atoms with van der Waals surface area (Å²) >= 11 is 5.94. The number of halogens is 1. The van der Waals surface area contributed by atoms with E-state index in [1.165, 1.54) is 0 Å². The summed E-state index contributed by atoms with van der Waals surface area (Å²) in [7, 11) is 0. The number of nitrogens with zero attached hydrogens (tertiary/aromatic N) is 4. The van der Waals surface area contributed by atoms with E-state index in [2.05, 4.69) is 15.1 Å². The Labute approximate surface area is 163 Å². The average Bonchev–Trinajstić information content (AvgIpc) is 2.85. The summed E-state index contributed by atoms with van der Waals surface area (Å²) in [6, 6.07) is 7.06. The van der Waals surface area contributed by atoms with Crippen LogP contribution < -0.4 is 4.74 Å². The number of benzene rings is 1.